The van der Waals surface area contributed by atoms with E-state index in [-0.39, 0.29) is 0 Å². The zero-order chi connectivity index (χ0) is 36.3. The van der Waals surface area contributed by atoms with Gasteiger partial charge in [-0.25, -0.2) is 4.98 Å². The Kier molecular flexibility index (Phi) is 7.14. The van der Waals surface area contributed by atoms with E-state index in [9.17, 15) is 0 Å². The van der Waals surface area contributed by atoms with Crippen molar-refractivity contribution in [2.75, 3.05) is 4.90 Å². The normalized spacial score (nSPS) is 11.6. The van der Waals surface area contributed by atoms with Gasteiger partial charge in [0.2, 0.25) is 5.89 Å². The van der Waals surface area contributed by atoms with Crippen molar-refractivity contribution in [3.63, 3.8) is 0 Å². The highest BCUT2D eigenvalue weighted by molar-refractivity contribution is 6.17. The van der Waals surface area contributed by atoms with E-state index in [0.29, 0.717) is 5.89 Å². The topological polar surface area (TPSA) is 42.4 Å². The van der Waals surface area contributed by atoms with Crippen molar-refractivity contribution in [2.45, 2.75) is 0 Å². The largest absolute Gasteiger partial charge is 0.456 e. The Morgan fingerprint density at radius 3 is 1.84 bits per heavy atom. The molecule has 0 saturated carbocycles. The molecule has 0 fully saturated rings. The molecule has 4 heteroatoms. The third-order valence-electron chi connectivity index (χ3n) is 10.7. The van der Waals surface area contributed by atoms with Gasteiger partial charge in [0.25, 0.3) is 0 Å². The second-order valence-corrected chi connectivity index (χ2v) is 14.0. The molecule has 0 aliphatic heterocycles. The quantitative estimate of drug-likeness (QED) is 0.162. The number of aromatic nitrogens is 1. The van der Waals surface area contributed by atoms with Crippen LogP contribution in [0.3, 0.4) is 0 Å². The van der Waals surface area contributed by atoms with Crippen molar-refractivity contribution in [2.24, 2.45) is 0 Å². The fourth-order valence-corrected chi connectivity index (χ4v) is 7.96. The van der Waals surface area contributed by atoms with Crippen LogP contribution in [-0.2, 0) is 0 Å². The Balaban J connectivity index is 1.00. The third kappa shape index (κ3) is 5.34. The van der Waals surface area contributed by atoms with E-state index >= 15 is 0 Å². The van der Waals surface area contributed by atoms with E-state index in [4.69, 9.17) is 13.8 Å². The first kappa shape index (κ1) is 31.1. The van der Waals surface area contributed by atoms with Crippen LogP contribution in [0.25, 0.3) is 88.3 Å². The molecule has 2 aromatic heterocycles. The Labute approximate surface area is 317 Å². The number of nitrogens with zero attached hydrogens (tertiary/aromatic N) is 2. The van der Waals surface area contributed by atoms with Crippen LogP contribution in [0.15, 0.2) is 203 Å². The highest BCUT2D eigenvalue weighted by Gasteiger charge is 2.18. The van der Waals surface area contributed by atoms with Gasteiger partial charge in [0.1, 0.15) is 16.7 Å². The predicted octanol–water partition coefficient (Wildman–Crippen LogP) is 14.5. The minimum Gasteiger partial charge on any atom is -0.456 e. The maximum Gasteiger partial charge on any atom is 0.227 e. The van der Waals surface area contributed by atoms with Crippen LogP contribution in [0.4, 0.5) is 17.1 Å². The lowest BCUT2D eigenvalue weighted by Gasteiger charge is -2.27. The van der Waals surface area contributed by atoms with Gasteiger partial charge in [0.15, 0.2) is 5.58 Å². The molecule has 0 radical (unpaired) electrons. The van der Waals surface area contributed by atoms with E-state index in [1.165, 1.54) is 32.7 Å². The lowest BCUT2D eigenvalue weighted by Crippen LogP contribution is -2.10. The van der Waals surface area contributed by atoms with Crippen LogP contribution in [-0.4, -0.2) is 4.98 Å². The maximum absolute atomic E-state index is 6.43. The van der Waals surface area contributed by atoms with Gasteiger partial charge in [0.05, 0.1) is 5.39 Å². The number of hydrogen-bond donors (Lipinski definition) is 0. The summed E-state index contributed by atoms with van der Waals surface area (Å²) in [5.74, 6) is 0.604. The van der Waals surface area contributed by atoms with Crippen LogP contribution in [0.1, 0.15) is 0 Å². The summed E-state index contributed by atoms with van der Waals surface area (Å²) in [6.45, 7) is 0. The smallest absolute Gasteiger partial charge is 0.227 e. The molecule has 0 saturated heterocycles. The molecule has 9 aromatic carbocycles. The summed E-state index contributed by atoms with van der Waals surface area (Å²) in [5.41, 5.74) is 11.9. The van der Waals surface area contributed by atoms with Crippen LogP contribution in [0, 0.1) is 0 Å². The first-order valence-electron chi connectivity index (χ1n) is 18.5. The molecule has 0 N–H and O–H groups in total. The predicted molar refractivity (Wildman–Crippen MR) is 227 cm³/mol. The second kappa shape index (κ2) is 12.6. The Bertz CT molecular complexity index is 3200. The summed E-state index contributed by atoms with van der Waals surface area (Å²) >= 11 is 0. The molecule has 0 aliphatic rings. The van der Waals surface area contributed by atoms with Crippen LogP contribution in [0.5, 0.6) is 0 Å². The van der Waals surface area contributed by atoms with Gasteiger partial charge in [-0.05, 0) is 117 Å². The Hall–Kier alpha value is -7.43. The summed E-state index contributed by atoms with van der Waals surface area (Å²) in [6, 6.07) is 68.4. The molecule has 11 aromatic rings. The fourth-order valence-electron chi connectivity index (χ4n) is 7.96. The fraction of sp³-hybridized carbons (Fsp3) is 0. The second-order valence-electron chi connectivity index (χ2n) is 14.0. The van der Waals surface area contributed by atoms with Gasteiger partial charge in [-0.2, -0.15) is 0 Å². The number of hydrogen-bond acceptors (Lipinski definition) is 4. The molecule has 11 rings (SSSR count). The number of benzene rings is 9. The van der Waals surface area contributed by atoms with E-state index in [0.717, 1.165) is 66.8 Å². The lowest BCUT2D eigenvalue weighted by molar-refractivity contribution is 0.622. The zero-order valence-electron chi connectivity index (χ0n) is 29.7. The van der Waals surface area contributed by atoms with Gasteiger partial charge in [-0.1, -0.05) is 121 Å². The van der Waals surface area contributed by atoms with Crippen molar-refractivity contribution in [1.29, 1.82) is 0 Å². The summed E-state index contributed by atoms with van der Waals surface area (Å²) < 4.78 is 12.8. The molecule has 2 heterocycles. The summed E-state index contributed by atoms with van der Waals surface area (Å²) in [6.07, 6.45) is 0. The molecule has 0 unspecified atom stereocenters. The highest BCUT2D eigenvalue weighted by Crippen LogP contribution is 2.41. The van der Waals surface area contributed by atoms with E-state index < -0.39 is 0 Å². The third-order valence-corrected chi connectivity index (χ3v) is 10.7. The van der Waals surface area contributed by atoms with Crippen molar-refractivity contribution in [1.82, 2.24) is 4.98 Å². The molecule has 0 spiro atoms. The number of oxazole rings is 1. The van der Waals surface area contributed by atoms with Crippen LogP contribution >= 0.6 is 0 Å². The highest BCUT2D eigenvalue weighted by atomic mass is 16.4. The molecule has 0 bridgehead atoms. The summed E-state index contributed by atoms with van der Waals surface area (Å²) in [4.78, 5) is 7.14. The summed E-state index contributed by atoms with van der Waals surface area (Å²) in [5, 5.41) is 6.88. The molecule has 55 heavy (non-hydrogen) atoms. The first-order valence-corrected chi connectivity index (χ1v) is 18.5. The monoisotopic (exact) mass is 704 g/mol. The Morgan fingerprint density at radius 1 is 0.364 bits per heavy atom. The Morgan fingerprint density at radius 2 is 1.00 bits per heavy atom. The SMILES string of the molecule is c1ccc(-c2cccc(N(c3ccc(-c4ccc5c(c4)oc4ccc6nc(-c7ccccc7)oc6c45)cc3)c3ccc4ccc5ccccc5c4c3)c2)cc1. The minimum atomic E-state index is 0.604. The van der Waals surface area contributed by atoms with Gasteiger partial charge >= 0.3 is 0 Å². The standard InChI is InChI=1S/C51H32N2O2/c1-3-10-33(11-4-1)38-15-9-16-41(30-38)53(42-26-22-36-19-18-35-12-7-8-17-43(35)45(36)32-42)40-24-20-34(21-25-40)39-23-27-44-48(31-39)54-47-29-28-46-50(49(44)47)55-51(52-46)37-13-5-2-6-14-37/h1-32H. The molecular weight excluding hydrogens is 673 g/mol. The average Bonchev–Trinajstić information content (AvgIpc) is 3.86. The molecule has 0 atom stereocenters. The minimum absolute atomic E-state index is 0.604. The summed E-state index contributed by atoms with van der Waals surface area (Å²) in [7, 11) is 0. The van der Waals surface area contributed by atoms with Crippen molar-refractivity contribution >= 4 is 71.6 Å². The molecule has 258 valence electrons. The molecule has 4 nitrogen and oxygen atoms in total. The van der Waals surface area contributed by atoms with Crippen LogP contribution < -0.4 is 4.90 Å². The van der Waals surface area contributed by atoms with Gasteiger partial charge < -0.3 is 13.7 Å². The lowest BCUT2D eigenvalue weighted by atomic mass is 10.00. The van der Waals surface area contributed by atoms with Crippen molar-refractivity contribution < 1.29 is 8.83 Å². The number of fused-ring (bicyclic) bond motifs is 8. The molecule has 0 amide bonds. The number of furan rings is 1. The molecular formula is C51H32N2O2. The van der Waals surface area contributed by atoms with E-state index in [2.05, 4.69) is 157 Å². The van der Waals surface area contributed by atoms with E-state index in [1.54, 1.807) is 0 Å². The number of anilines is 3. The molecule has 0 aliphatic carbocycles. The zero-order valence-corrected chi connectivity index (χ0v) is 29.7. The average molecular weight is 705 g/mol. The van der Waals surface area contributed by atoms with Crippen LogP contribution in [0.2, 0.25) is 0 Å². The van der Waals surface area contributed by atoms with Gasteiger partial charge in [0, 0.05) is 28.0 Å². The maximum atomic E-state index is 6.43. The number of rotatable bonds is 6. The van der Waals surface area contributed by atoms with Gasteiger partial charge in [-0.15, -0.1) is 0 Å². The van der Waals surface area contributed by atoms with Crippen molar-refractivity contribution in [3.05, 3.63) is 194 Å². The first-order chi connectivity index (χ1) is 27.2. The van der Waals surface area contributed by atoms with Crippen molar-refractivity contribution in [3.8, 4) is 33.7 Å². The van der Waals surface area contributed by atoms with Gasteiger partial charge in [-0.3, -0.25) is 0 Å². The van der Waals surface area contributed by atoms with E-state index in [1.807, 2.05) is 42.5 Å².